The van der Waals surface area contributed by atoms with Gasteiger partial charge in [-0.05, 0) is 30.7 Å². The molecule has 0 amide bonds. The molecule has 0 aliphatic carbocycles. The van der Waals surface area contributed by atoms with Crippen molar-refractivity contribution in [3.8, 4) is 11.3 Å². The highest BCUT2D eigenvalue weighted by molar-refractivity contribution is 5.67. The molecule has 102 valence electrons. The van der Waals surface area contributed by atoms with Crippen LogP contribution < -0.4 is 0 Å². The lowest BCUT2D eigenvalue weighted by atomic mass is 10.1. The van der Waals surface area contributed by atoms with Gasteiger partial charge in [-0.3, -0.25) is 4.40 Å². The van der Waals surface area contributed by atoms with Gasteiger partial charge in [0.25, 0.3) is 0 Å². The quantitative estimate of drug-likeness (QED) is 0.692. The molecule has 0 spiro atoms. The molecule has 3 aromatic rings. The van der Waals surface area contributed by atoms with E-state index >= 15 is 0 Å². The van der Waals surface area contributed by atoms with Crippen LogP contribution >= 0.6 is 0 Å². The maximum Gasteiger partial charge on any atom is 0.139 e. The minimum Gasteiger partial charge on any atom is -0.296 e. The van der Waals surface area contributed by atoms with Gasteiger partial charge in [0.1, 0.15) is 23.1 Å². The van der Waals surface area contributed by atoms with Crippen molar-refractivity contribution in [1.29, 1.82) is 0 Å². The molecule has 0 saturated heterocycles. The summed E-state index contributed by atoms with van der Waals surface area (Å²) in [5.41, 5.74) is 2.07. The van der Waals surface area contributed by atoms with Crippen molar-refractivity contribution >= 4 is 5.65 Å². The molecule has 2 nitrogen and oxygen atoms in total. The zero-order valence-electron chi connectivity index (χ0n) is 10.7. The van der Waals surface area contributed by atoms with Gasteiger partial charge in [0.15, 0.2) is 0 Å². The molecule has 0 saturated carbocycles. The van der Waals surface area contributed by atoms with Crippen LogP contribution in [-0.4, -0.2) is 9.38 Å². The number of aryl methyl sites for hydroxylation is 1. The summed E-state index contributed by atoms with van der Waals surface area (Å²) in [6.45, 7) is 1.89. The molecule has 0 atom stereocenters. The summed E-state index contributed by atoms with van der Waals surface area (Å²) in [7, 11) is 0. The molecule has 0 aliphatic rings. The first-order valence-electron chi connectivity index (χ1n) is 6.21. The predicted molar refractivity (Wildman–Crippen MR) is 69.9 cm³/mol. The van der Waals surface area contributed by atoms with E-state index in [2.05, 4.69) is 4.98 Å². The second-order valence-electron chi connectivity index (χ2n) is 4.49. The van der Waals surface area contributed by atoms with E-state index in [4.69, 9.17) is 0 Å². The topological polar surface area (TPSA) is 17.3 Å². The van der Waals surface area contributed by atoms with Crippen LogP contribution in [0, 0.1) is 17.5 Å². The maximum atomic E-state index is 13.4. The highest BCUT2D eigenvalue weighted by Gasteiger charge is 2.15. The van der Waals surface area contributed by atoms with Gasteiger partial charge in [-0.15, -0.1) is 0 Å². The molecule has 0 aliphatic heterocycles. The molecule has 0 N–H and O–H groups in total. The van der Waals surface area contributed by atoms with Gasteiger partial charge in [0.2, 0.25) is 0 Å². The van der Waals surface area contributed by atoms with Gasteiger partial charge in [0, 0.05) is 17.8 Å². The summed E-state index contributed by atoms with van der Waals surface area (Å²) in [5.74, 6) is -1.78. The monoisotopic (exact) mass is 276 g/mol. The zero-order chi connectivity index (χ0) is 14.3. The molecule has 2 heterocycles. The van der Waals surface area contributed by atoms with E-state index in [9.17, 15) is 13.2 Å². The normalized spacial score (nSPS) is 11.2. The van der Waals surface area contributed by atoms with Crippen molar-refractivity contribution in [2.45, 2.75) is 13.3 Å². The number of pyridine rings is 1. The number of hydrogen-bond acceptors (Lipinski definition) is 1. The fraction of sp³-hybridized carbons (Fsp3) is 0.133. The van der Waals surface area contributed by atoms with Crippen molar-refractivity contribution in [2.24, 2.45) is 0 Å². The molecule has 3 rings (SSSR count). The number of imidazole rings is 1. The Labute approximate surface area is 113 Å². The van der Waals surface area contributed by atoms with Crippen molar-refractivity contribution in [2.75, 3.05) is 0 Å². The van der Waals surface area contributed by atoms with Crippen molar-refractivity contribution in [1.82, 2.24) is 9.38 Å². The van der Waals surface area contributed by atoms with E-state index in [1.807, 2.05) is 6.92 Å². The first-order chi connectivity index (χ1) is 9.58. The SMILES string of the molecule is CCc1nc2ccc(F)cn2c1-c1cc(F)cc(F)c1. The molecular formula is C15H11F3N2. The van der Waals surface area contributed by atoms with Crippen LogP contribution in [0.4, 0.5) is 13.2 Å². The molecule has 20 heavy (non-hydrogen) atoms. The summed E-state index contributed by atoms with van der Waals surface area (Å²) in [4.78, 5) is 4.36. The lowest BCUT2D eigenvalue weighted by Gasteiger charge is -2.05. The molecule has 1 aromatic carbocycles. The van der Waals surface area contributed by atoms with E-state index in [1.54, 1.807) is 0 Å². The van der Waals surface area contributed by atoms with Crippen LogP contribution in [0.15, 0.2) is 36.5 Å². The number of halogens is 3. The minimum atomic E-state index is -0.673. The molecular weight excluding hydrogens is 265 g/mol. The number of aromatic nitrogens is 2. The highest BCUT2D eigenvalue weighted by Crippen LogP contribution is 2.27. The Balaban J connectivity index is 2.35. The lowest BCUT2D eigenvalue weighted by Crippen LogP contribution is -1.94. The smallest absolute Gasteiger partial charge is 0.139 e. The molecule has 0 unspecified atom stereocenters. The van der Waals surface area contributed by atoms with Crippen LogP contribution in [0.25, 0.3) is 16.9 Å². The number of nitrogens with zero attached hydrogens (tertiary/aromatic N) is 2. The molecule has 0 bridgehead atoms. The summed E-state index contributed by atoms with van der Waals surface area (Å²) >= 11 is 0. The Morgan fingerprint density at radius 2 is 1.70 bits per heavy atom. The summed E-state index contributed by atoms with van der Waals surface area (Å²) in [5, 5.41) is 0. The number of benzene rings is 1. The van der Waals surface area contributed by atoms with Gasteiger partial charge < -0.3 is 0 Å². The lowest BCUT2D eigenvalue weighted by molar-refractivity contribution is 0.584. The standard InChI is InChI=1S/C15H11F3N2/c1-2-13-15(9-5-11(17)7-12(18)6-9)20-8-10(16)3-4-14(20)19-13/h3-8H,2H2,1H3. The van der Waals surface area contributed by atoms with Crippen LogP contribution in [0.2, 0.25) is 0 Å². The molecule has 5 heteroatoms. The molecule has 2 aromatic heterocycles. The van der Waals surface area contributed by atoms with E-state index in [-0.39, 0.29) is 0 Å². The fourth-order valence-electron chi connectivity index (χ4n) is 2.31. The van der Waals surface area contributed by atoms with E-state index in [1.165, 1.54) is 34.9 Å². The largest absolute Gasteiger partial charge is 0.296 e. The number of rotatable bonds is 2. The number of fused-ring (bicyclic) bond motifs is 1. The Bertz CT molecular complexity index is 773. The van der Waals surface area contributed by atoms with Crippen LogP contribution in [0.3, 0.4) is 0 Å². The van der Waals surface area contributed by atoms with E-state index < -0.39 is 17.5 Å². The first-order valence-corrected chi connectivity index (χ1v) is 6.21. The maximum absolute atomic E-state index is 13.4. The van der Waals surface area contributed by atoms with Gasteiger partial charge in [-0.1, -0.05) is 6.92 Å². The Morgan fingerprint density at radius 1 is 1.00 bits per heavy atom. The zero-order valence-corrected chi connectivity index (χ0v) is 10.7. The van der Waals surface area contributed by atoms with E-state index in [0.717, 1.165) is 6.07 Å². The Morgan fingerprint density at radius 3 is 2.35 bits per heavy atom. The summed E-state index contributed by atoms with van der Waals surface area (Å²) in [6.07, 6.45) is 1.84. The third kappa shape index (κ3) is 2.05. The van der Waals surface area contributed by atoms with Gasteiger partial charge >= 0.3 is 0 Å². The first kappa shape index (κ1) is 12.7. The summed E-state index contributed by atoms with van der Waals surface area (Å²) < 4.78 is 41.7. The Kier molecular flexibility index (Phi) is 2.97. The average molecular weight is 276 g/mol. The van der Waals surface area contributed by atoms with Gasteiger partial charge in [-0.2, -0.15) is 0 Å². The number of hydrogen-bond donors (Lipinski definition) is 0. The van der Waals surface area contributed by atoms with Crippen LogP contribution in [-0.2, 0) is 6.42 Å². The van der Waals surface area contributed by atoms with Crippen LogP contribution in [0.1, 0.15) is 12.6 Å². The fourth-order valence-corrected chi connectivity index (χ4v) is 2.31. The van der Waals surface area contributed by atoms with Gasteiger partial charge in [-0.25, -0.2) is 18.2 Å². The predicted octanol–water partition coefficient (Wildman–Crippen LogP) is 3.98. The molecule has 0 radical (unpaired) electrons. The van der Waals surface area contributed by atoms with Crippen molar-refractivity contribution in [3.05, 3.63) is 59.7 Å². The second kappa shape index (κ2) is 4.67. The minimum absolute atomic E-state index is 0.345. The van der Waals surface area contributed by atoms with E-state index in [0.29, 0.717) is 29.0 Å². The van der Waals surface area contributed by atoms with Gasteiger partial charge in [0.05, 0.1) is 11.4 Å². The van der Waals surface area contributed by atoms with Crippen molar-refractivity contribution < 1.29 is 13.2 Å². The molecule has 0 fully saturated rings. The Hall–Kier alpha value is -2.30. The highest BCUT2D eigenvalue weighted by atomic mass is 19.1. The third-order valence-electron chi connectivity index (χ3n) is 3.13. The second-order valence-corrected chi connectivity index (χ2v) is 4.49. The van der Waals surface area contributed by atoms with Crippen LogP contribution in [0.5, 0.6) is 0 Å². The van der Waals surface area contributed by atoms with Crippen molar-refractivity contribution in [3.63, 3.8) is 0 Å². The summed E-state index contributed by atoms with van der Waals surface area (Å²) in [6, 6.07) is 6.08. The third-order valence-corrected chi connectivity index (χ3v) is 3.13. The average Bonchev–Trinajstić information content (AvgIpc) is 2.75.